The molecule has 0 saturated carbocycles. The van der Waals surface area contributed by atoms with E-state index in [1.807, 2.05) is 0 Å². The molecule has 0 heterocycles. The molecule has 1 aromatic carbocycles. The number of benzene rings is 1. The molecule has 0 aromatic heterocycles. The predicted molar refractivity (Wildman–Crippen MR) is 72.5 cm³/mol. The van der Waals surface area contributed by atoms with Crippen LogP contribution in [-0.4, -0.2) is 5.05 Å². The summed E-state index contributed by atoms with van der Waals surface area (Å²) in [5, 5.41) is 0.0380. The molecule has 1 nitrogen and oxygen atoms in total. The first-order valence-corrected chi connectivity index (χ1v) is 5.72. The van der Waals surface area contributed by atoms with Crippen LogP contribution in [-0.2, 0) is 4.74 Å². The molecule has 5 heteroatoms. The van der Waals surface area contributed by atoms with E-state index in [0.29, 0.717) is 11.6 Å². The third-order valence-electron chi connectivity index (χ3n) is 1.95. The fourth-order valence-corrected chi connectivity index (χ4v) is 1.44. The van der Waals surface area contributed by atoms with Crippen LogP contribution >= 0.6 is 12.2 Å². The normalized spacial score (nSPS) is 13.4. The minimum absolute atomic E-state index is 0.0380. The van der Waals surface area contributed by atoms with E-state index < -0.39 is 11.7 Å². The van der Waals surface area contributed by atoms with Crippen LogP contribution < -0.4 is 0 Å². The number of hydrogen-bond acceptors (Lipinski definition) is 2. The Morgan fingerprint density at radius 1 is 1.16 bits per heavy atom. The van der Waals surface area contributed by atoms with Crippen molar-refractivity contribution in [2.75, 3.05) is 0 Å². The Balaban J connectivity index is 2.94. The third kappa shape index (κ3) is 5.52. The van der Waals surface area contributed by atoms with Gasteiger partial charge in [0.05, 0.1) is 0 Å². The monoisotopic (exact) mass is 284 g/mol. The first kappa shape index (κ1) is 15.2. The average molecular weight is 284 g/mol. The summed E-state index contributed by atoms with van der Waals surface area (Å²) < 4.78 is 42.7. The van der Waals surface area contributed by atoms with Crippen molar-refractivity contribution in [3.05, 3.63) is 71.8 Å². The predicted octanol–water partition coefficient (Wildman–Crippen LogP) is 4.92. The maximum atomic E-state index is 12.8. The van der Waals surface area contributed by atoms with Crippen LogP contribution in [0.5, 0.6) is 0 Å². The molecule has 0 aliphatic carbocycles. The molecule has 1 aromatic rings. The first-order valence-electron chi connectivity index (χ1n) is 5.31. The van der Waals surface area contributed by atoms with Gasteiger partial charge in [0, 0.05) is 17.7 Å². The Kier molecular flexibility index (Phi) is 6.02. The van der Waals surface area contributed by atoms with Gasteiger partial charge in [0.2, 0.25) is 0 Å². The lowest BCUT2D eigenvalue weighted by Crippen LogP contribution is -2.02. The molecule has 0 amide bonds. The van der Waals surface area contributed by atoms with Gasteiger partial charge in [0.15, 0.2) is 10.9 Å². The van der Waals surface area contributed by atoms with Crippen LogP contribution in [0.4, 0.5) is 13.2 Å². The number of thiocarbonyl (C=S) groups is 1. The Hall–Kier alpha value is -1.88. The molecule has 0 bridgehead atoms. The van der Waals surface area contributed by atoms with Crippen LogP contribution in [0.25, 0.3) is 0 Å². The maximum absolute atomic E-state index is 12.8. The van der Waals surface area contributed by atoms with Gasteiger partial charge < -0.3 is 4.74 Å². The van der Waals surface area contributed by atoms with Gasteiger partial charge in [-0.2, -0.15) is 0 Å². The van der Waals surface area contributed by atoms with Gasteiger partial charge in [0.1, 0.15) is 17.9 Å². The zero-order chi connectivity index (χ0) is 14.3. The second-order valence-electron chi connectivity index (χ2n) is 3.53. The van der Waals surface area contributed by atoms with Crippen LogP contribution in [0.15, 0.2) is 66.2 Å². The van der Waals surface area contributed by atoms with E-state index in [-0.39, 0.29) is 17.1 Å². The standard InChI is InChI=1S/C14H11F3OS/c1-10(16)7-13(8-12(17)9-15)18-14(19)11-5-3-2-4-6-11/h2-9H,1H3/b10-7+,12-9-,13-8+. The molecule has 0 radical (unpaired) electrons. The van der Waals surface area contributed by atoms with Crippen LogP contribution in [0, 0.1) is 0 Å². The lowest BCUT2D eigenvalue weighted by molar-refractivity contribution is 0.438. The molecule has 0 unspecified atom stereocenters. The summed E-state index contributed by atoms with van der Waals surface area (Å²) in [4.78, 5) is 0. The number of halogens is 3. The molecule has 0 N–H and O–H groups in total. The second-order valence-corrected chi connectivity index (χ2v) is 3.90. The molecule has 0 fully saturated rings. The van der Waals surface area contributed by atoms with E-state index in [1.54, 1.807) is 30.3 Å². The Morgan fingerprint density at radius 2 is 1.79 bits per heavy atom. The molecule has 0 atom stereocenters. The zero-order valence-electron chi connectivity index (χ0n) is 10.1. The summed E-state index contributed by atoms with van der Waals surface area (Å²) in [7, 11) is 0. The highest BCUT2D eigenvalue weighted by Gasteiger charge is 2.06. The topological polar surface area (TPSA) is 9.23 Å². The molecule has 0 aliphatic heterocycles. The summed E-state index contributed by atoms with van der Waals surface area (Å²) in [6, 6.07) is 8.65. The molecule has 100 valence electrons. The fourth-order valence-electron chi connectivity index (χ4n) is 1.20. The molecule has 0 saturated heterocycles. The molecular weight excluding hydrogens is 273 g/mol. The summed E-state index contributed by atoms with van der Waals surface area (Å²) >= 11 is 4.99. The van der Waals surface area contributed by atoms with Crippen molar-refractivity contribution >= 4 is 17.3 Å². The van der Waals surface area contributed by atoms with Gasteiger partial charge in [-0.3, -0.25) is 0 Å². The molecule has 19 heavy (non-hydrogen) atoms. The maximum Gasteiger partial charge on any atom is 0.198 e. The highest BCUT2D eigenvalue weighted by Crippen LogP contribution is 2.14. The molecule has 1 rings (SSSR count). The minimum atomic E-state index is -1.19. The fraction of sp³-hybridized carbons (Fsp3) is 0.0714. The number of ether oxygens (including phenoxy) is 1. The Morgan fingerprint density at radius 3 is 2.32 bits per heavy atom. The quantitative estimate of drug-likeness (QED) is 0.441. The van der Waals surface area contributed by atoms with Crippen molar-refractivity contribution in [1.29, 1.82) is 0 Å². The van der Waals surface area contributed by atoms with Gasteiger partial charge in [0.25, 0.3) is 0 Å². The SMILES string of the molecule is C\C(F)=C/C(=C\C(F)=C\F)OC(=S)c1ccccc1. The highest BCUT2D eigenvalue weighted by molar-refractivity contribution is 7.80. The lowest BCUT2D eigenvalue weighted by atomic mass is 10.2. The Labute approximate surface area is 114 Å². The van der Waals surface area contributed by atoms with Crippen molar-refractivity contribution < 1.29 is 17.9 Å². The summed E-state index contributed by atoms with van der Waals surface area (Å²) in [6.07, 6.45) is 1.37. The summed E-state index contributed by atoms with van der Waals surface area (Å²) in [5.74, 6) is -2.03. The van der Waals surface area contributed by atoms with Crippen LogP contribution in [0.2, 0.25) is 0 Å². The van der Waals surface area contributed by atoms with Crippen LogP contribution in [0.3, 0.4) is 0 Å². The van der Waals surface area contributed by atoms with Crippen molar-refractivity contribution in [2.45, 2.75) is 6.92 Å². The summed E-state index contributed by atoms with van der Waals surface area (Å²) in [6.45, 7) is 1.15. The smallest absolute Gasteiger partial charge is 0.198 e. The third-order valence-corrected chi connectivity index (χ3v) is 2.26. The molecular formula is C14H11F3OS. The number of allylic oxidation sites excluding steroid dienone is 4. The Bertz CT molecular complexity index is 529. The second kappa shape index (κ2) is 7.53. The van der Waals surface area contributed by atoms with Crippen molar-refractivity contribution in [2.24, 2.45) is 0 Å². The van der Waals surface area contributed by atoms with Gasteiger partial charge in [-0.25, -0.2) is 13.2 Å². The number of rotatable bonds is 4. The number of hydrogen-bond donors (Lipinski definition) is 0. The van der Waals surface area contributed by atoms with Crippen molar-refractivity contribution in [3.8, 4) is 0 Å². The van der Waals surface area contributed by atoms with Crippen molar-refractivity contribution in [1.82, 2.24) is 0 Å². The first-order chi connectivity index (χ1) is 9.02. The van der Waals surface area contributed by atoms with E-state index in [4.69, 9.17) is 17.0 Å². The van der Waals surface area contributed by atoms with Gasteiger partial charge in [-0.05, 0) is 19.1 Å². The molecule has 0 spiro atoms. The van der Waals surface area contributed by atoms with Gasteiger partial charge >= 0.3 is 0 Å². The average Bonchev–Trinajstić information content (AvgIpc) is 2.38. The van der Waals surface area contributed by atoms with E-state index >= 15 is 0 Å². The van der Waals surface area contributed by atoms with Gasteiger partial charge in [-0.1, -0.05) is 30.3 Å². The van der Waals surface area contributed by atoms with E-state index in [2.05, 4.69) is 0 Å². The molecule has 0 aliphatic rings. The highest BCUT2D eigenvalue weighted by atomic mass is 32.1. The van der Waals surface area contributed by atoms with Crippen LogP contribution in [0.1, 0.15) is 12.5 Å². The minimum Gasteiger partial charge on any atom is -0.445 e. The van der Waals surface area contributed by atoms with Crippen molar-refractivity contribution in [3.63, 3.8) is 0 Å². The van der Waals surface area contributed by atoms with E-state index in [1.165, 1.54) is 0 Å². The van der Waals surface area contributed by atoms with E-state index in [0.717, 1.165) is 13.0 Å². The van der Waals surface area contributed by atoms with E-state index in [9.17, 15) is 13.2 Å². The lowest BCUT2D eigenvalue weighted by Gasteiger charge is -2.07. The largest absolute Gasteiger partial charge is 0.445 e. The zero-order valence-corrected chi connectivity index (χ0v) is 10.9. The van der Waals surface area contributed by atoms with Gasteiger partial charge in [-0.15, -0.1) is 0 Å². The summed E-state index contributed by atoms with van der Waals surface area (Å²) in [5.41, 5.74) is 0.581.